The number of para-hydroxylation sites is 1. The Morgan fingerprint density at radius 2 is 2.00 bits per heavy atom. The second kappa shape index (κ2) is 6.24. The first-order valence-corrected chi connectivity index (χ1v) is 7.83. The van der Waals surface area contributed by atoms with Crippen molar-refractivity contribution in [2.75, 3.05) is 12.5 Å². The van der Waals surface area contributed by atoms with E-state index >= 15 is 0 Å². The fourth-order valence-electron chi connectivity index (χ4n) is 2.65. The van der Waals surface area contributed by atoms with Crippen LogP contribution in [0.4, 0.5) is 5.82 Å². The smallest absolute Gasteiger partial charge is 0.197 e. The van der Waals surface area contributed by atoms with Gasteiger partial charge in [0.2, 0.25) is 0 Å². The van der Waals surface area contributed by atoms with Gasteiger partial charge in [0.05, 0.1) is 12.8 Å². The lowest BCUT2D eigenvalue weighted by atomic mass is 10.1. The van der Waals surface area contributed by atoms with Gasteiger partial charge in [0.25, 0.3) is 0 Å². The third-order valence-electron chi connectivity index (χ3n) is 3.98. The molecule has 6 nitrogen and oxygen atoms in total. The minimum absolute atomic E-state index is 0.531. The van der Waals surface area contributed by atoms with E-state index in [0.717, 1.165) is 33.5 Å². The molecule has 2 aromatic carbocycles. The molecule has 0 saturated carbocycles. The number of rotatable bonds is 4. The number of hydrogen-bond acceptors (Lipinski definition) is 6. The molecule has 2 aromatic heterocycles. The standard InChI is InChI=1S/C19H16N4O2/c1-12(13-6-5-7-14(10-13)24-2)22-23-19-18-17(20-11-21-19)15-8-3-4-9-16(15)25-18/h3-11H,1-2H3,(H,20,21,23)/b22-12-. The molecule has 25 heavy (non-hydrogen) atoms. The van der Waals surface area contributed by atoms with Crippen LogP contribution in [0.25, 0.3) is 22.1 Å². The highest BCUT2D eigenvalue weighted by molar-refractivity contribution is 6.05. The molecule has 4 aromatic rings. The molecule has 0 radical (unpaired) electrons. The van der Waals surface area contributed by atoms with E-state index in [1.54, 1.807) is 7.11 Å². The number of nitrogens with one attached hydrogen (secondary N) is 1. The van der Waals surface area contributed by atoms with Crippen molar-refractivity contribution in [3.63, 3.8) is 0 Å². The third kappa shape index (κ3) is 2.78. The second-order valence-corrected chi connectivity index (χ2v) is 5.54. The van der Waals surface area contributed by atoms with Crippen molar-refractivity contribution in [1.82, 2.24) is 9.97 Å². The first-order valence-electron chi connectivity index (χ1n) is 7.83. The van der Waals surface area contributed by atoms with Gasteiger partial charge in [0, 0.05) is 10.9 Å². The van der Waals surface area contributed by atoms with Crippen LogP contribution in [-0.2, 0) is 0 Å². The maximum Gasteiger partial charge on any atom is 0.197 e. The number of hydrazone groups is 1. The normalized spacial score (nSPS) is 11.8. The Labute approximate surface area is 144 Å². The summed E-state index contributed by atoms with van der Waals surface area (Å²) in [5.41, 5.74) is 6.88. The van der Waals surface area contributed by atoms with Crippen LogP contribution in [0.15, 0.2) is 64.4 Å². The number of methoxy groups -OCH3 is 1. The van der Waals surface area contributed by atoms with Crippen molar-refractivity contribution in [1.29, 1.82) is 0 Å². The molecular weight excluding hydrogens is 316 g/mol. The number of fused-ring (bicyclic) bond motifs is 3. The van der Waals surface area contributed by atoms with Crippen molar-refractivity contribution >= 4 is 33.6 Å². The van der Waals surface area contributed by atoms with Crippen LogP contribution in [0.3, 0.4) is 0 Å². The summed E-state index contributed by atoms with van der Waals surface area (Å²) in [7, 11) is 1.64. The number of anilines is 1. The molecule has 0 saturated heterocycles. The molecule has 0 unspecified atom stereocenters. The quantitative estimate of drug-likeness (QED) is 0.447. The van der Waals surface area contributed by atoms with Crippen LogP contribution in [0.2, 0.25) is 0 Å². The van der Waals surface area contributed by atoms with Crippen molar-refractivity contribution in [3.05, 3.63) is 60.4 Å². The van der Waals surface area contributed by atoms with Crippen molar-refractivity contribution < 1.29 is 9.15 Å². The molecule has 0 aliphatic carbocycles. The highest BCUT2D eigenvalue weighted by Crippen LogP contribution is 2.30. The number of aromatic nitrogens is 2. The van der Waals surface area contributed by atoms with Crippen LogP contribution in [0, 0.1) is 0 Å². The van der Waals surface area contributed by atoms with Gasteiger partial charge in [-0.15, -0.1) is 0 Å². The number of nitrogens with zero attached hydrogens (tertiary/aromatic N) is 3. The third-order valence-corrected chi connectivity index (χ3v) is 3.98. The van der Waals surface area contributed by atoms with Gasteiger partial charge < -0.3 is 9.15 Å². The van der Waals surface area contributed by atoms with E-state index < -0.39 is 0 Å². The summed E-state index contributed by atoms with van der Waals surface area (Å²) in [4.78, 5) is 8.58. The van der Waals surface area contributed by atoms with Crippen molar-refractivity contribution in [3.8, 4) is 5.75 Å². The minimum atomic E-state index is 0.531. The summed E-state index contributed by atoms with van der Waals surface area (Å²) in [6.45, 7) is 1.92. The number of furan rings is 1. The highest BCUT2D eigenvalue weighted by atomic mass is 16.5. The van der Waals surface area contributed by atoms with E-state index in [-0.39, 0.29) is 0 Å². The molecule has 0 spiro atoms. The molecule has 124 valence electrons. The first kappa shape index (κ1) is 15.1. The summed E-state index contributed by atoms with van der Waals surface area (Å²) < 4.78 is 11.1. The Morgan fingerprint density at radius 3 is 2.88 bits per heavy atom. The Kier molecular flexibility index (Phi) is 3.78. The molecule has 6 heteroatoms. The van der Waals surface area contributed by atoms with Crippen LogP contribution in [-0.4, -0.2) is 22.8 Å². The molecule has 4 rings (SSSR count). The fraction of sp³-hybridized carbons (Fsp3) is 0.105. The molecule has 0 amide bonds. The number of benzene rings is 2. The van der Waals surface area contributed by atoms with E-state index in [2.05, 4.69) is 20.5 Å². The van der Waals surface area contributed by atoms with Crippen molar-refractivity contribution in [2.45, 2.75) is 6.92 Å². The molecule has 0 bridgehead atoms. The van der Waals surface area contributed by atoms with Crippen LogP contribution in [0.1, 0.15) is 12.5 Å². The van der Waals surface area contributed by atoms with E-state index in [9.17, 15) is 0 Å². The molecule has 0 atom stereocenters. The van der Waals surface area contributed by atoms with Crippen LogP contribution >= 0.6 is 0 Å². The van der Waals surface area contributed by atoms with Gasteiger partial charge in [0.1, 0.15) is 23.2 Å². The van der Waals surface area contributed by atoms with Gasteiger partial charge in [-0.2, -0.15) is 5.10 Å². The molecule has 0 aliphatic heterocycles. The highest BCUT2D eigenvalue weighted by Gasteiger charge is 2.12. The average molecular weight is 332 g/mol. The van der Waals surface area contributed by atoms with Crippen molar-refractivity contribution in [2.24, 2.45) is 5.10 Å². The second-order valence-electron chi connectivity index (χ2n) is 5.54. The number of hydrogen-bond donors (Lipinski definition) is 1. The summed E-state index contributed by atoms with van der Waals surface area (Å²) in [5.74, 6) is 1.32. The lowest BCUT2D eigenvalue weighted by Crippen LogP contribution is -2.01. The van der Waals surface area contributed by atoms with E-state index in [1.807, 2.05) is 55.5 Å². The first-order chi connectivity index (χ1) is 12.3. The predicted molar refractivity (Wildman–Crippen MR) is 98.1 cm³/mol. The zero-order chi connectivity index (χ0) is 17.2. The maximum atomic E-state index is 5.88. The largest absolute Gasteiger partial charge is 0.497 e. The lowest BCUT2D eigenvalue weighted by Gasteiger charge is -2.05. The summed E-state index contributed by atoms with van der Waals surface area (Å²) >= 11 is 0. The van der Waals surface area contributed by atoms with Gasteiger partial charge >= 0.3 is 0 Å². The Balaban J connectivity index is 1.70. The topological polar surface area (TPSA) is 72.5 Å². The zero-order valence-corrected chi connectivity index (χ0v) is 13.9. The molecule has 2 heterocycles. The van der Waals surface area contributed by atoms with Gasteiger partial charge in [-0.3, -0.25) is 5.43 Å². The van der Waals surface area contributed by atoms with Gasteiger partial charge in [-0.1, -0.05) is 24.3 Å². The van der Waals surface area contributed by atoms with Gasteiger partial charge in [-0.25, -0.2) is 9.97 Å². The summed E-state index contributed by atoms with van der Waals surface area (Å²) in [6.07, 6.45) is 1.50. The zero-order valence-electron chi connectivity index (χ0n) is 13.9. The molecule has 0 fully saturated rings. The molecular formula is C19H16N4O2. The Hall–Kier alpha value is -3.41. The van der Waals surface area contributed by atoms with E-state index in [0.29, 0.717) is 11.4 Å². The number of ether oxygens (including phenoxy) is 1. The maximum absolute atomic E-state index is 5.88. The summed E-state index contributed by atoms with van der Waals surface area (Å²) in [5, 5.41) is 5.38. The van der Waals surface area contributed by atoms with Gasteiger partial charge in [0.15, 0.2) is 11.4 Å². The average Bonchev–Trinajstić information content (AvgIpc) is 3.05. The SMILES string of the molecule is COc1cccc(/C(C)=N\Nc2ncnc3c2oc2ccccc23)c1. The fourth-order valence-corrected chi connectivity index (χ4v) is 2.65. The van der Waals surface area contributed by atoms with Crippen LogP contribution in [0.5, 0.6) is 5.75 Å². The van der Waals surface area contributed by atoms with Crippen LogP contribution < -0.4 is 10.2 Å². The van der Waals surface area contributed by atoms with E-state index in [4.69, 9.17) is 9.15 Å². The summed E-state index contributed by atoms with van der Waals surface area (Å²) in [6, 6.07) is 15.5. The predicted octanol–water partition coefficient (Wildman–Crippen LogP) is 4.22. The Bertz CT molecular complexity index is 1090. The molecule has 1 N–H and O–H groups in total. The monoisotopic (exact) mass is 332 g/mol. The minimum Gasteiger partial charge on any atom is -0.497 e. The van der Waals surface area contributed by atoms with E-state index in [1.165, 1.54) is 6.33 Å². The molecule has 0 aliphatic rings. The lowest BCUT2D eigenvalue weighted by molar-refractivity contribution is 0.414. The Morgan fingerprint density at radius 1 is 1.12 bits per heavy atom. The van der Waals surface area contributed by atoms with Gasteiger partial charge in [-0.05, 0) is 31.2 Å².